The molecule has 0 amide bonds. The zero-order valence-corrected chi connectivity index (χ0v) is 13.6. The molecule has 1 aliphatic rings. The molecular weight excluding hydrogens is 290 g/mol. The summed E-state index contributed by atoms with van der Waals surface area (Å²) in [6, 6.07) is 0. The van der Waals surface area contributed by atoms with Crippen molar-refractivity contribution in [1.82, 2.24) is 14.3 Å². The van der Waals surface area contributed by atoms with E-state index in [2.05, 4.69) is 16.6 Å². The topological polar surface area (TPSA) is 84.2 Å². The van der Waals surface area contributed by atoms with E-state index in [1.54, 1.807) is 4.57 Å². The van der Waals surface area contributed by atoms with Crippen LogP contribution in [-0.4, -0.2) is 35.2 Å². The second-order valence-electron chi connectivity index (χ2n) is 5.94. The highest BCUT2D eigenvalue weighted by molar-refractivity contribution is 7.89. The summed E-state index contributed by atoms with van der Waals surface area (Å²) in [7, 11) is -3.65. The fourth-order valence-corrected chi connectivity index (χ4v) is 3.82. The number of nitrogens with zero attached hydrogens (tertiary/aromatic N) is 2. The molecule has 0 radical (unpaired) electrons. The summed E-state index contributed by atoms with van der Waals surface area (Å²) in [5.74, 6) is 0.655. The summed E-state index contributed by atoms with van der Waals surface area (Å²) in [6.45, 7) is 4.80. The molecule has 1 aromatic rings. The first-order valence-corrected chi connectivity index (χ1v) is 9.10. The van der Waals surface area contributed by atoms with Crippen molar-refractivity contribution >= 4 is 10.0 Å². The van der Waals surface area contributed by atoms with Crippen molar-refractivity contribution in [2.45, 2.75) is 63.1 Å². The molecular formula is C14H25N3O3S. The maximum atomic E-state index is 12.2. The number of sulfonamides is 1. The molecule has 7 heteroatoms. The van der Waals surface area contributed by atoms with Crippen molar-refractivity contribution in [3.63, 3.8) is 0 Å². The van der Waals surface area contributed by atoms with Gasteiger partial charge in [-0.2, -0.15) is 0 Å². The molecule has 1 saturated carbocycles. The van der Waals surface area contributed by atoms with Crippen LogP contribution in [0, 0.1) is 5.92 Å². The number of hydrogen-bond donors (Lipinski definition) is 2. The van der Waals surface area contributed by atoms with Crippen molar-refractivity contribution in [3.8, 4) is 0 Å². The first-order chi connectivity index (χ1) is 9.88. The number of imidazole rings is 1. The predicted molar refractivity (Wildman–Crippen MR) is 80.3 cm³/mol. The van der Waals surface area contributed by atoms with Gasteiger partial charge in [0.25, 0.3) is 10.0 Å². The Hall–Kier alpha value is -0.920. The Kier molecular flexibility index (Phi) is 5.06. The van der Waals surface area contributed by atoms with Crippen LogP contribution < -0.4 is 4.72 Å². The number of aryl methyl sites for hydroxylation is 1. The Balaban J connectivity index is 1.95. The van der Waals surface area contributed by atoms with Crippen molar-refractivity contribution in [3.05, 3.63) is 12.5 Å². The van der Waals surface area contributed by atoms with Gasteiger partial charge >= 0.3 is 0 Å². The molecule has 0 aliphatic heterocycles. The van der Waals surface area contributed by atoms with Gasteiger partial charge < -0.3 is 9.67 Å². The quantitative estimate of drug-likeness (QED) is 0.833. The van der Waals surface area contributed by atoms with E-state index < -0.39 is 15.6 Å². The van der Waals surface area contributed by atoms with Gasteiger partial charge in [0.05, 0.1) is 11.9 Å². The number of rotatable bonds is 6. The SMILES string of the molecule is CCC1CCC(O)(CNS(=O)(=O)c2cn(CC)cn2)CC1. The van der Waals surface area contributed by atoms with Gasteiger partial charge in [-0.1, -0.05) is 13.3 Å². The van der Waals surface area contributed by atoms with E-state index in [4.69, 9.17) is 0 Å². The maximum absolute atomic E-state index is 12.2. The molecule has 0 saturated heterocycles. The average molecular weight is 315 g/mol. The van der Waals surface area contributed by atoms with E-state index in [1.807, 2.05) is 6.92 Å². The number of nitrogens with one attached hydrogen (secondary N) is 1. The first-order valence-electron chi connectivity index (χ1n) is 7.62. The Labute approximate surface area is 126 Å². The van der Waals surface area contributed by atoms with Crippen LogP contribution in [0.15, 0.2) is 17.6 Å². The third kappa shape index (κ3) is 4.05. The lowest BCUT2D eigenvalue weighted by Gasteiger charge is -2.35. The second kappa shape index (κ2) is 6.46. The summed E-state index contributed by atoms with van der Waals surface area (Å²) >= 11 is 0. The average Bonchev–Trinajstić information content (AvgIpc) is 2.96. The fraction of sp³-hybridized carbons (Fsp3) is 0.786. The molecule has 1 heterocycles. The molecule has 2 rings (SSSR count). The molecule has 0 bridgehead atoms. The lowest BCUT2D eigenvalue weighted by atomic mass is 9.78. The smallest absolute Gasteiger partial charge is 0.259 e. The summed E-state index contributed by atoms with van der Waals surface area (Å²) < 4.78 is 28.5. The van der Waals surface area contributed by atoms with E-state index in [1.165, 1.54) is 12.5 Å². The Morgan fingerprint density at radius 1 is 1.43 bits per heavy atom. The monoisotopic (exact) mass is 315 g/mol. The van der Waals surface area contributed by atoms with Crippen molar-refractivity contribution in [1.29, 1.82) is 0 Å². The van der Waals surface area contributed by atoms with Gasteiger partial charge in [-0.05, 0) is 38.5 Å². The van der Waals surface area contributed by atoms with E-state index in [0.717, 1.165) is 19.3 Å². The van der Waals surface area contributed by atoms with E-state index >= 15 is 0 Å². The third-order valence-electron chi connectivity index (χ3n) is 4.45. The number of hydrogen-bond acceptors (Lipinski definition) is 4. The number of aliphatic hydroxyl groups is 1. The molecule has 21 heavy (non-hydrogen) atoms. The lowest BCUT2D eigenvalue weighted by molar-refractivity contribution is -0.00443. The van der Waals surface area contributed by atoms with Crippen LogP contribution in [0.25, 0.3) is 0 Å². The minimum atomic E-state index is -3.65. The molecule has 1 aliphatic carbocycles. The molecule has 0 unspecified atom stereocenters. The summed E-state index contributed by atoms with van der Waals surface area (Å²) in [5, 5.41) is 10.5. The minimum absolute atomic E-state index is 0.00944. The Morgan fingerprint density at radius 2 is 2.10 bits per heavy atom. The molecule has 0 aromatic carbocycles. The van der Waals surface area contributed by atoms with Gasteiger partial charge in [0.1, 0.15) is 0 Å². The van der Waals surface area contributed by atoms with E-state index in [0.29, 0.717) is 25.3 Å². The van der Waals surface area contributed by atoms with Crippen LogP contribution in [0.5, 0.6) is 0 Å². The first kappa shape index (κ1) is 16.5. The molecule has 1 fully saturated rings. The molecule has 2 N–H and O–H groups in total. The summed E-state index contributed by atoms with van der Waals surface area (Å²) in [5.41, 5.74) is -0.925. The zero-order valence-electron chi connectivity index (χ0n) is 12.7. The van der Waals surface area contributed by atoms with Gasteiger partial charge in [0.15, 0.2) is 5.03 Å². The van der Waals surface area contributed by atoms with Crippen molar-refractivity contribution < 1.29 is 13.5 Å². The maximum Gasteiger partial charge on any atom is 0.259 e. The fourth-order valence-electron chi connectivity index (χ4n) is 2.75. The van der Waals surface area contributed by atoms with Gasteiger partial charge in [-0.25, -0.2) is 18.1 Å². The van der Waals surface area contributed by atoms with Gasteiger partial charge in [-0.15, -0.1) is 0 Å². The summed E-state index contributed by atoms with van der Waals surface area (Å²) in [6.07, 6.45) is 7.33. The van der Waals surface area contributed by atoms with Crippen LogP contribution in [-0.2, 0) is 16.6 Å². The zero-order chi connectivity index (χ0) is 15.5. The Bertz CT molecular complexity index is 560. The highest BCUT2D eigenvalue weighted by Crippen LogP contribution is 2.33. The highest BCUT2D eigenvalue weighted by Gasteiger charge is 2.34. The highest BCUT2D eigenvalue weighted by atomic mass is 32.2. The van der Waals surface area contributed by atoms with Crippen molar-refractivity contribution in [2.75, 3.05) is 6.54 Å². The standard InChI is InChI=1S/C14H25N3O3S/c1-3-12-5-7-14(18,8-6-12)10-16-21(19,20)13-9-17(4-2)11-15-13/h9,11-12,16,18H,3-8,10H2,1-2H3. The van der Waals surface area contributed by atoms with Gasteiger partial charge in [0.2, 0.25) is 0 Å². The van der Waals surface area contributed by atoms with Crippen LogP contribution in [0.1, 0.15) is 46.0 Å². The summed E-state index contributed by atoms with van der Waals surface area (Å²) in [4.78, 5) is 3.90. The molecule has 6 nitrogen and oxygen atoms in total. The number of aromatic nitrogens is 2. The largest absolute Gasteiger partial charge is 0.389 e. The molecule has 120 valence electrons. The van der Waals surface area contributed by atoms with Gasteiger partial charge in [0, 0.05) is 19.3 Å². The second-order valence-corrected chi connectivity index (χ2v) is 7.66. The van der Waals surface area contributed by atoms with Crippen molar-refractivity contribution in [2.24, 2.45) is 5.92 Å². The predicted octanol–water partition coefficient (Wildman–Crippen LogP) is 1.51. The Morgan fingerprint density at radius 3 is 2.62 bits per heavy atom. The third-order valence-corrected chi connectivity index (χ3v) is 5.74. The van der Waals surface area contributed by atoms with Crippen LogP contribution >= 0.6 is 0 Å². The molecule has 0 atom stereocenters. The van der Waals surface area contributed by atoms with Crippen LogP contribution in [0.4, 0.5) is 0 Å². The van der Waals surface area contributed by atoms with E-state index in [9.17, 15) is 13.5 Å². The lowest BCUT2D eigenvalue weighted by Crippen LogP contribution is -2.45. The van der Waals surface area contributed by atoms with Crippen LogP contribution in [0.2, 0.25) is 0 Å². The normalized spacial score (nSPS) is 26.9. The molecule has 0 spiro atoms. The van der Waals surface area contributed by atoms with E-state index in [-0.39, 0.29) is 11.6 Å². The van der Waals surface area contributed by atoms with Gasteiger partial charge in [-0.3, -0.25) is 0 Å². The van der Waals surface area contributed by atoms with Crippen LogP contribution in [0.3, 0.4) is 0 Å². The molecule has 1 aromatic heterocycles. The minimum Gasteiger partial charge on any atom is -0.389 e.